The number of nitrogens with zero attached hydrogens (tertiary/aromatic N) is 2. The Morgan fingerprint density at radius 3 is 2.94 bits per heavy atom. The maximum Gasteiger partial charge on any atom is 0.141 e. The molecule has 0 fully saturated rings. The van der Waals surface area contributed by atoms with Crippen molar-refractivity contribution in [1.29, 1.82) is 0 Å². The van der Waals surface area contributed by atoms with Gasteiger partial charge in [-0.1, -0.05) is 24.3 Å². The van der Waals surface area contributed by atoms with Crippen molar-refractivity contribution in [3.05, 3.63) is 48.0 Å². The van der Waals surface area contributed by atoms with E-state index in [0.29, 0.717) is 0 Å². The number of rotatable bonds is 1. The summed E-state index contributed by atoms with van der Waals surface area (Å²) in [5.74, 6) is 1.92. The number of benzene rings is 2. The lowest BCUT2D eigenvalue weighted by molar-refractivity contribution is 0.415. The molecule has 3 heteroatoms. The predicted octanol–water partition coefficient (Wildman–Crippen LogP) is 3.07. The summed E-state index contributed by atoms with van der Waals surface area (Å²) < 4.78 is 7.51. The highest BCUT2D eigenvalue weighted by molar-refractivity contribution is 5.84. The first-order chi connectivity index (χ1) is 8.86. The van der Waals surface area contributed by atoms with E-state index < -0.39 is 0 Å². The van der Waals surface area contributed by atoms with Gasteiger partial charge >= 0.3 is 0 Å². The average Bonchev–Trinajstić information content (AvgIpc) is 2.93. The van der Waals surface area contributed by atoms with E-state index in [9.17, 15) is 0 Å². The van der Waals surface area contributed by atoms with Gasteiger partial charge in [0.15, 0.2) is 0 Å². The van der Waals surface area contributed by atoms with Crippen molar-refractivity contribution in [3.8, 4) is 17.1 Å². The molecule has 0 spiro atoms. The largest absolute Gasteiger partial charge is 0.497 e. The predicted molar refractivity (Wildman–Crippen MR) is 70.8 cm³/mol. The summed E-state index contributed by atoms with van der Waals surface area (Å²) in [4.78, 5) is 4.73. The summed E-state index contributed by atoms with van der Waals surface area (Å²) in [7, 11) is 1.68. The molecule has 0 unspecified atom stereocenters. The molecule has 1 aliphatic heterocycles. The highest BCUT2D eigenvalue weighted by atomic mass is 16.5. The monoisotopic (exact) mass is 236 g/mol. The Morgan fingerprint density at radius 2 is 2.06 bits per heavy atom. The minimum absolute atomic E-state index is 0.854. The number of hydrogen-bond donors (Lipinski definition) is 0. The standard InChI is InChI=1S/C15H12N2O/c1-18-11-6-7-14-13(8-11)16-15-12-5-3-2-4-10(12)9-17(14)15/h2-8H,9H2,1H3. The topological polar surface area (TPSA) is 27.1 Å². The second kappa shape index (κ2) is 3.35. The molecular formula is C15H12N2O. The van der Waals surface area contributed by atoms with Crippen LogP contribution in [0.15, 0.2) is 42.5 Å². The highest BCUT2D eigenvalue weighted by Gasteiger charge is 2.21. The lowest BCUT2D eigenvalue weighted by atomic mass is 10.1. The molecule has 2 heterocycles. The van der Waals surface area contributed by atoms with Crippen LogP contribution in [0.4, 0.5) is 0 Å². The molecule has 3 nitrogen and oxygen atoms in total. The van der Waals surface area contributed by atoms with Crippen molar-refractivity contribution in [3.63, 3.8) is 0 Å². The van der Waals surface area contributed by atoms with Crippen LogP contribution in [0.3, 0.4) is 0 Å². The van der Waals surface area contributed by atoms with E-state index in [1.165, 1.54) is 16.6 Å². The number of hydrogen-bond acceptors (Lipinski definition) is 2. The number of aromatic nitrogens is 2. The van der Waals surface area contributed by atoms with Crippen molar-refractivity contribution in [2.45, 2.75) is 6.54 Å². The van der Waals surface area contributed by atoms with Gasteiger partial charge in [-0.3, -0.25) is 0 Å². The molecule has 0 saturated carbocycles. The van der Waals surface area contributed by atoms with Crippen LogP contribution in [0.25, 0.3) is 22.4 Å². The van der Waals surface area contributed by atoms with Crippen LogP contribution in [0, 0.1) is 0 Å². The fourth-order valence-corrected chi connectivity index (χ4v) is 2.65. The molecule has 1 aromatic heterocycles. The third kappa shape index (κ3) is 1.16. The zero-order valence-electron chi connectivity index (χ0n) is 10.1. The molecule has 3 aromatic rings. The summed E-state index contributed by atoms with van der Waals surface area (Å²) in [6.07, 6.45) is 0. The van der Waals surface area contributed by atoms with Gasteiger partial charge in [0.05, 0.1) is 24.7 Å². The maximum atomic E-state index is 5.24. The Hall–Kier alpha value is -2.29. The summed E-state index contributed by atoms with van der Waals surface area (Å²) in [5.41, 5.74) is 4.76. The van der Waals surface area contributed by atoms with Crippen LogP contribution in [0.1, 0.15) is 5.56 Å². The van der Waals surface area contributed by atoms with Crippen molar-refractivity contribution >= 4 is 11.0 Å². The summed E-state index contributed by atoms with van der Waals surface area (Å²) in [5, 5.41) is 0. The quantitative estimate of drug-likeness (QED) is 0.508. The van der Waals surface area contributed by atoms with Crippen LogP contribution in [-0.4, -0.2) is 16.7 Å². The van der Waals surface area contributed by atoms with Crippen LogP contribution in [-0.2, 0) is 6.54 Å². The molecule has 0 atom stereocenters. The molecule has 2 aromatic carbocycles. The third-order valence-corrected chi connectivity index (χ3v) is 3.54. The van der Waals surface area contributed by atoms with Gasteiger partial charge in [-0.15, -0.1) is 0 Å². The molecule has 0 bridgehead atoms. The van der Waals surface area contributed by atoms with Crippen LogP contribution in [0.5, 0.6) is 5.75 Å². The van der Waals surface area contributed by atoms with E-state index in [2.05, 4.69) is 34.9 Å². The SMILES string of the molecule is COc1ccc2c(c1)nc1n2Cc2ccccc2-1. The fourth-order valence-electron chi connectivity index (χ4n) is 2.65. The zero-order chi connectivity index (χ0) is 12.1. The zero-order valence-corrected chi connectivity index (χ0v) is 10.1. The van der Waals surface area contributed by atoms with Crippen molar-refractivity contribution in [2.75, 3.05) is 7.11 Å². The van der Waals surface area contributed by atoms with E-state index in [1.54, 1.807) is 7.11 Å². The maximum absolute atomic E-state index is 5.24. The first-order valence-electron chi connectivity index (χ1n) is 5.99. The van der Waals surface area contributed by atoms with E-state index in [1.807, 2.05) is 12.1 Å². The summed E-state index contributed by atoms with van der Waals surface area (Å²) >= 11 is 0. The molecular weight excluding hydrogens is 224 g/mol. The van der Waals surface area contributed by atoms with Crippen LogP contribution in [0.2, 0.25) is 0 Å². The average molecular weight is 236 g/mol. The molecule has 1 aliphatic rings. The lowest BCUT2D eigenvalue weighted by Gasteiger charge is -2.01. The lowest BCUT2D eigenvalue weighted by Crippen LogP contribution is -1.92. The number of imidazole rings is 1. The first-order valence-corrected chi connectivity index (χ1v) is 5.99. The first kappa shape index (κ1) is 9.71. The van der Waals surface area contributed by atoms with E-state index in [4.69, 9.17) is 9.72 Å². The highest BCUT2D eigenvalue weighted by Crippen LogP contribution is 2.35. The Bertz CT molecular complexity index is 758. The van der Waals surface area contributed by atoms with Gasteiger partial charge in [0.1, 0.15) is 11.6 Å². The van der Waals surface area contributed by atoms with Crippen molar-refractivity contribution in [1.82, 2.24) is 9.55 Å². The van der Waals surface area contributed by atoms with Crippen molar-refractivity contribution < 1.29 is 4.74 Å². The number of fused-ring (bicyclic) bond motifs is 5. The molecule has 18 heavy (non-hydrogen) atoms. The second-order valence-corrected chi connectivity index (χ2v) is 4.53. The second-order valence-electron chi connectivity index (χ2n) is 4.53. The Kier molecular flexibility index (Phi) is 1.81. The van der Waals surface area contributed by atoms with Gasteiger partial charge in [0.2, 0.25) is 0 Å². The number of methoxy groups -OCH3 is 1. The van der Waals surface area contributed by atoms with Gasteiger partial charge in [-0.2, -0.15) is 0 Å². The van der Waals surface area contributed by atoms with Gasteiger partial charge in [-0.25, -0.2) is 4.98 Å². The molecule has 0 amide bonds. The molecule has 0 N–H and O–H groups in total. The smallest absolute Gasteiger partial charge is 0.141 e. The van der Waals surface area contributed by atoms with Crippen molar-refractivity contribution in [2.24, 2.45) is 0 Å². The van der Waals surface area contributed by atoms with E-state index in [-0.39, 0.29) is 0 Å². The van der Waals surface area contributed by atoms with E-state index >= 15 is 0 Å². The van der Waals surface area contributed by atoms with Gasteiger partial charge < -0.3 is 9.30 Å². The summed E-state index contributed by atoms with van der Waals surface area (Å²) in [6.45, 7) is 0.911. The van der Waals surface area contributed by atoms with Crippen LogP contribution < -0.4 is 4.74 Å². The van der Waals surface area contributed by atoms with Gasteiger partial charge in [-0.05, 0) is 17.7 Å². The Morgan fingerprint density at radius 1 is 1.17 bits per heavy atom. The summed E-state index contributed by atoms with van der Waals surface area (Å²) in [6, 6.07) is 14.5. The van der Waals surface area contributed by atoms with E-state index in [0.717, 1.165) is 23.6 Å². The molecule has 0 aliphatic carbocycles. The van der Waals surface area contributed by atoms with Gasteiger partial charge in [0.25, 0.3) is 0 Å². The Balaban J connectivity index is 2.01. The molecule has 0 radical (unpaired) electrons. The normalized spacial score (nSPS) is 12.5. The minimum atomic E-state index is 0.854. The number of ether oxygens (including phenoxy) is 1. The molecule has 88 valence electrons. The molecule has 0 saturated heterocycles. The Labute approximate surface area is 105 Å². The molecule has 4 rings (SSSR count). The fraction of sp³-hybridized carbons (Fsp3) is 0.133. The third-order valence-electron chi connectivity index (χ3n) is 3.54. The van der Waals surface area contributed by atoms with Gasteiger partial charge in [0, 0.05) is 11.6 Å². The minimum Gasteiger partial charge on any atom is -0.497 e. The van der Waals surface area contributed by atoms with Crippen LogP contribution >= 0.6 is 0 Å².